The molecule has 0 unspecified atom stereocenters. The molecule has 2 saturated heterocycles. The van der Waals surface area contributed by atoms with Crippen molar-refractivity contribution in [2.24, 2.45) is 5.73 Å². The number of hydrogen-bond acceptors (Lipinski definition) is 4. The van der Waals surface area contributed by atoms with Crippen LogP contribution in [0.5, 0.6) is 0 Å². The van der Waals surface area contributed by atoms with E-state index in [0.29, 0.717) is 24.2 Å². The van der Waals surface area contributed by atoms with Crippen molar-refractivity contribution in [2.45, 2.75) is 25.4 Å². The summed E-state index contributed by atoms with van der Waals surface area (Å²) in [6, 6.07) is 3.93. The average Bonchev–Trinajstić information content (AvgIpc) is 3.11. The Morgan fingerprint density at radius 2 is 2.04 bits per heavy atom. The topological polar surface area (TPSA) is 90.7 Å². The smallest absolute Gasteiger partial charge is 0.315 e. The lowest BCUT2D eigenvalue weighted by Crippen LogP contribution is -2.47. The van der Waals surface area contributed by atoms with Gasteiger partial charge in [0.15, 0.2) is 0 Å². The third kappa shape index (κ3) is 4.01. The number of nitrogens with two attached hydrogens (primary N) is 1. The van der Waals surface area contributed by atoms with Crippen LogP contribution in [0, 0.1) is 5.82 Å². The van der Waals surface area contributed by atoms with Crippen molar-refractivity contribution in [2.75, 3.05) is 37.6 Å². The SMILES string of the molecule is NC(=O)N1CCC[C@H]1C(=O)NCc1ccc(N2CCNCC2)c(F)c1. The lowest BCUT2D eigenvalue weighted by molar-refractivity contribution is -0.124. The van der Waals surface area contributed by atoms with Crippen LogP contribution in [0.4, 0.5) is 14.9 Å². The predicted octanol–water partition coefficient (Wildman–Crippen LogP) is 0.395. The number of nitrogens with one attached hydrogen (secondary N) is 2. The highest BCUT2D eigenvalue weighted by Crippen LogP contribution is 2.21. The molecule has 1 atom stereocenters. The molecule has 0 aromatic heterocycles. The summed E-state index contributed by atoms with van der Waals surface area (Å²) >= 11 is 0. The van der Waals surface area contributed by atoms with E-state index in [1.165, 1.54) is 11.0 Å². The van der Waals surface area contributed by atoms with Crippen LogP contribution in [0.3, 0.4) is 0 Å². The molecule has 0 radical (unpaired) electrons. The largest absolute Gasteiger partial charge is 0.367 e. The number of halogens is 1. The number of amides is 3. The lowest BCUT2D eigenvalue weighted by Gasteiger charge is -2.29. The van der Waals surface area contributed by atoms with Gasteiger partial charge in [0.1, 0.15) is 11.9 Å². The van der Waals surface area contributed by atoms with Crippen LogP contribution in [-0.2, 0) is 11.3 Å². The van der Waals surface area contributed by atoms with Crippen LogP contribution in [0.2, 0.25) is 0 Å². The maximum atomic E-state index is 14.4. The molecule has 7 nitrogen and oxygen atoms in total. The molecule has 2 aliphatic heterocycles. The molecule has 0 bridgehead atoms. The molecule has 0 spiro atoms. The van der Waals surface area contributed by atoms with Gasteiger partial charge in [0.25, 0.3) is 0 Å². The first-order chi connectivity index (χ1) is 12.1. The zero-order chi connectivity index (χ0) is 17.8. The van der Waals surface area contributed by atoms with Gasteiger partial charge in [0.05, 0.1) is 5.69 Å². The van der Waals surface area contributed by atoms with Gasteiger partial charge in [-0.25, -0.2) is 9.18 Å². The molecule has 3 rings (SSSR count). The normalized spacial score (nSPS) is 20.6. The molecule has 25 heavy (non-hydrogen) atoms. The summed E-state index contributed by atoms with van der Waals surface area (Å²) in [6.45, 7) is 3.96. The van der Waals surface area contributed by atoms with Crippen molar-refractivity contribution in [1.82, 2.24) is 15.5 Å². The fourth-order valence-corrected chi connectivity index (χ4v) is 3.43. The quantitative estimate of drug-likeness (QED) is 0.734. The van der Waals surface area contributed by atoms with Gasteiger partial charge in [-0.15, -0.1) is 0 Å². The minimum absolute atomic E-state index is 0.223. The van der Waals surface area contributed by atoms with Crippen molar-refractivity contribution in [1.29, 1.82) is 0 Å². The van der Waals surface area contributed by atoms with Gasteiger partial charge in [-0.2, -0.15) is 0 Å². The van der Waals surface area contributed by atoms with E-state index in [-0.39, 0.29) is 18.3 Å². The highest BCUT2D eigenvalue weighted by Gasteiger charge is 2.32. The van der Waals surface area contributed by atoms with E-state index < -0.39 is 12.1 Å². The summed E-state index contributed by atoms with van der Waals surface area (Å²) in [5.41, 5.74) is 6.57. The van der Waals surface area contributed by atoms with Crippen molar-refractivity contribution in [3.8, 4) is 0 Å². The van der Waals surface area contributed by atoms with Crippen molar-refractivity contribution in [3.05, 3.63) is 29.6 Å². The molecule has 0 saturated carbocycles. The number of likely N-dealkylation sites (tertiary alicyclic amines) is 1. The maximum absolute atomic E-state index is 14.4. The number of carbonyl (C=O) groups is 2. The fraction of sp³-hybridized carbons (Fsp3) is 0.529. The van der Waals surface area contributed by atoms with Gasteiger partial charge in [0.2, 0.25) is 5.91 Å². The number of urea groups is 1. The zero-order valence-electron chi connectivity index (χ0n) is 14.1. The predicted molar refractivity (Wildman–Crippen MR) is 92.6 cm³/mol. The summed E-state index contributed by atoms with van der Waals surface area (Å²) in [4.78, 5) is 27.0. The molecule has 2 heterocycles. The Hall–Kier alpha value is -2.35. The number of hydrogen-bond donors (Lipinski definition) is 3. The van der Waals surface area contributed by atoms with Gasteiger partial charge >= 0.3 is 6.03 Å². The Morgan fingerprint density at radius 3 is 2.72 bits per heavy atom. The Labute approximate surface area is 146 Å². The number of primary amides is 1. The Kier molecular flexibility index (Phi) is 5.37. The monoisotopic (exact) mass is 349 g/mol. The second kappa shape index (κ2) is 7.69. The average molecular weight is 349 g/mol. The number of carbonyl (C=O) groups excluding carboxylic acids is 2. The van der Waals surface area contributed by atoms with Crippen LogP contribution >= 0.6 is 0 Å². The Morgan fingerprint density at radius 1 is 1.28 bits per heavy atom. The number of nitrogens with zero attached hydrogens (tertiary/aromatic N) is 2. The van der Waals surface area contributed by atoms with Gasteiger partial charge in [0, 0.05) is 39.3 Å². The second-order valence-electron chi connectivity index (χ2n) is 6.43. The van der Waals surface area contributed by atoms with Gasteiger partial charge < -0.3 is 26.2 Å². The standard InChI is InChI=1S/C17H24FN5O2/c18-13-10-12(3-4-14(13)22-8-5-20-6-9-22)11-21-16(24)15-2-1-7-23(15)17(19)25/h3-4,10,15,20H,1-2,5-9,11H2,(H2,19,25)(H,21,24)/t15-/m0/s1. The molecule has 4 N–H and O–H groups in total. The molecule has 2 aliphatic rings. The zero-order valence-corrected chi connectivity index (χ0v) is 14.1. The van der Waals surface area contributed by atoms with E-state index in [1.807, 2.05) is 11.0 Å². The van der Waals surface area contributed by atoms with Crippen LogP contribution in [0.1, 0.15) is 18.4 Å². The van der Waals surface area contributed by atoms with Crippen LogP contribution in [-0.4, -0.2) is 55.6 Å². The van der Waals surface area contributed by atoms with E-state index in [9.17, 15) is 14.0 Å². The van der Waals surface area contributed by atoms with Crippen LogP contribution in [0.15, 0.2) is 18.2 Å². The van der Waals surface area contributed by atoms with E-state index in [0.717, 1.165) is 32.6 Å². The number of anilines is 1. The first-order valence-corrected chi connectivity index (χ1v) is 8.64. The molecular weight excluding hydrogens is 325 g/mol. The molecule has 3 amide bonds. The van der Waals surface area contributed by atoms with Crippen molar-refractivity contribution >= 4 is 17.6 Å². The van der Waals surface area contributed by atoms with E-state index >= 15 is 0 Å². The summed E-state index contributed by atoms with van der Waals surface area (Å²) in [5.74, 6) is -0.531. The molecule has 136 valence electrons. The Bertz CT molecular complexity index is 648. The van der Waals surface area contributed by atoms with Crippen LogP contribution in [0.25, 0.3) is 0 Å². The molecular formula is C17H24FN5O2. The third-order valence-electron chi connectivity index (χ3n) is 4.78. The summed E-state index contributed by atoms with van der Waals surface area (Å²) in [6.07, 6.45) is 1.36. The minimum atomic E-state index is -0.580. The molecule has 1 aromatic carbocycles. The van der Waals surface area contributed by atoms with Crippen LogP contribution < -0.4 is 21.3 Å². The fourth-order valence-electron chi connectivity index (χ4n) is 3.43. The number of benzene rings is 1. The minimum Gasteiger partial charge on any atom is -0.367 e. The van der Waals surface area contributed by atoms with Gasteiger partial charge in [-0.3, -0.25) is 4.79 Å². The summed E-state index contributed by atoms with van der Waals surface area (Å²) in [5, 5.41) is 6.01. The first-order valence-electron chi connectivity index (χ1n) is 8.64. The van der Waals surface area contributed by atoms with Gasteiger partial charge in [-0.1, -0.05) is 6.07 Å². The summed E-state index contributed by atoms with van der Waals surface area (Å²) in [7, 11) is 0. The third-order valence-corrected chi connectivity index (χ3v) is 4.78. The lowest BCUT2D eigenvalue weighted by atomic mass is 10.1. The highest BCUT2D eigenvalue weighted by atomic mass is 19.1. The number of piperazine rings is 1. The van der Waals surface area contributed by atoms with Crippen molar-refractivity contribution in [3.63, 3.8) is 0 Å². The molecule has 0 aliphatic carbocycles. The highest BCUT2D eigenvalue weighted by molar-refractivity contribution is 5.87. The van der Waals surface area contributed by atoms with E-state index in [4.69, 9.17) is 5.73 Å². The maximum Gasteiger partial charge on any atom is 0.315 e. The molecule has 2 fully saturated rings. The summed E-state index contributed by atoms with van der Waals surface area (Å²) < 4.78 is 14.4. The first kappa shape index (κ1) is 17.5. The number of rotatable bonds is 4. The van der Waals surface area contributed by atoms with E-state index in [1.54, 1.807) is 6.07 Å². The second-order valence-corrected chi connectivity index (χ2v) is 6.43. The van der Waals surface area contributed by atoms with E-state index in [2.05, 4.69) is 10.6 Å². The van der Waals surface area contributed by atoms with Gasteiger partial charge in [-0.05, 0) is 30.5 Å². The molecule has 8 heteroatoms. The molecule has 1 aromatic rings. The van der Waals surface area contributed by atoms with Crippen molar-refractivity contribution < 1.29 is 14.0 Å². The Balaban J connectivity index is 1.59.